The fourth-order valence-electron chi connectivity index (χ4n) is 1.46. The highest BCUT2D eigenvalue weighted by molar-refractivity contribution is 9.10. The third-order valence-electron chi connectivity index (χ3n) is 2.15. The fraction of sp³-hybridized carbons (Fsp3) is 0.100. The van der Waals surface area contributed by atoms with Gasteiger partial charge in [-0.1, -0.05) is 15.9 Å². The Morgan fingerprint density at radius 2 is 2.20 bits per heavy atom. The number of halogens is 2. The Morgan fingerprint density at radius 1 is 1.47 bits per heavy atom. The van der Waals surface area contributed by atoms with Gasteiger partial charge in [-0.15, -0.1) is 0 Å². The summed E-state index contributed by atoms with van der Waals surface area (Å²) in [4.78, 5) is 0. The first-order valence-electron chi connectivity index (χ1n) is 4.32. The summed E-state index contributed by atoms with van der Waals surface area (Å²) in [5, 5.41) is 3.97. The lowest BCUT2D eigenvalue weighted by Gasteiger charge is -2.05. The molecule has 1 aromatic carbocycles. The summed E-state index contributed by atoms with van der Waals surface area (Å²) >= 11 is 3.29. The first kappa shape index (κ1) is 10.2. The van der Waals surface area contributed by atoms with Crippen molar-refractivity contribution in [3.63, 3.8) is 0 Å². The van der Waals surface area contributed by atoms with Crippen molar-refractivity contribution >= 4 is 21.6 Å². The number of anilines is 1. The van der Waals surface area contributed by atoms with Gasteiger partial charge in [0.25, 0.3) is 0 Å². The van der Waals surface area contributed by atoms with Crippen LogP contribution in [0.5, 0.6) is 0 Å². The molecule has 2 rings (SSSR count). The van der Waals surface area contributed by atoms with Crippen LogP contribution in [-0.4, -0.2) is 9.78 Å². The van der Waals surface area contributed by atoms with Gasteiger partial charge in [-0.3, -0.25) is 4.68 Å². The van der Waals surface area contributed by atoms with Gasteiger partial charge in [0.2, 0.25) is 0 Å². The van der Waals surface area contributed by atoms with Gasteiger partial charge in [0.05, 0.1) is 17.6 Å². The zero-order valence-electron chi connectivity index (χ0n) is 8.04. The molecule has 0 aliphatic rings. The van der Waals surface area contributed by atoms with Crippen LogP contribution in [0, 0.1) is 5.82 Å². The van der Waals surface area contributed by atoms with Gasteiger partial charge in [0.15, 0.2) is 0 Å². The standard InChI is InChI=1S/C10H9BrFN3/c1-15-10(9(13)5-14-15)7-4-6(11)2-3-8(7)12/h2-5H,13H2,1H3. The molecule has 0 aliphatic heterocycles. The zero-order valence-corrected chi connectivity index (χ0v) is 9.62. The molecule has 0 saturated carbocycles. The molecule has 0 unspecified atom stereocenters. The Hall–Kier alpha value is -1.36. The number of nitrogens with zero attached hydrogens (tertiary/aromatic N) is 2. The molecule has 0 atom stereocenters. The molecule has 3 nitrogen and oxygen atoms in total. The molecule has 0 bridgehead atoms. The average molecular weight is 270 g/mol. The molecule has 1 heterocycles. The first-order valence-corrected chi connectivity index (χ1v) is 5.12. The number of nitrogen functional groups attached to an aromatic ring is 1. The van der Waals surface area contributed by atoms with E-state index < -0.39 is 0 Å². The Balaban J connectivity index is 2.68. The highest BCUT2D eigenvalue weighted by Gasteiger charge is 2.13. The van der Waals surface area contributed by atoms with Gasteiger partial charge in [0, 0.05) is 17.1 Å². The molecule has 2 N–H and O–H groups in total. The summed E-state index contributed by atoms with van der Waals surface area (Å²) in [5.74, 6) is -0.312. The van der Waals surface area contributed by atoms with Crippen LogP contribution in [0.15, 0.2) is 28.9 Å². The Kier molecular flexibility index (Phi) is 2.48. The highest BCUT2D eigenvalue weighted by atomic mass is 79.9. The van der Waals surface area contributed by atoms with Crippen molar-refractivity contribution < 1.29 is 4.39 Å². The van der Waals surface area contributed by atoms with Crippen LogP contribution in [0.4, 0.5) is 10.1 Å². The predicted molar refractivity (Wildman–Crippen MR) is 60.7 cm³/mol. The van der Waals surface area contributed by atoms with E-state index in [-0.39, 0.29) is 5.82 Å². The summed E-state index contributed by atoms with van der Waals surface area (Å²) in [6, 6.07) is 4.72. The Labute approximate surface area is 94.8 Å². The number of nitrogens with two attached hydrogens (primary N) is 1. The molecule has 5 heteroatoms. The largest absolute Gasteiger partial charge is 0.396 e. The molecule has 0 spiro atoms. The minimum Gasteiger partial charge on any atom is -0.396 e. The van der Waals surface area contributed by atoms with Crippen molar-refractivity contribution in [3.05, 3.63) is 34.7 Å². The number of hydrogen-bond donors (Lipinski definition) is 1. The zero-order chi connectivity index (χ0) is 11.0. The number of benzene rings is 1. The summed E-state index contributed by atoms with van der Waals surface area (Å²) in [6.45, 7) is 0. The second kappa shape index (κ2) is 3.66. The van der Waals surface area contributed by atoms with E-state index in [4.69, 9.17) is 5.73 Å². The SMILES string of the molecule is Cn1ncc(N)c1-c1cc(Br)ccc1F. The van der Waals surface area contributed by atoms with E-state index in [1.807, 2.05) is 0 Å². The van der Waals surface area contributed by atoms with Crippen molar-refractivity contribution in [2.45, 2.75) is 0 Å². The maximum absolute atomic E-state index is 13.6. The van der Waals surface area contributed by atoms with Crippen molar-refractivity contribution in [2.24, 2.45) is 7.05 Å². The monoisotopic (exact) mass is 269 g/mol. The van der Waals surface area contributed by atoms with Gasteiger partial charge < -0.3 is 5.73 Å². The molecular weight excluding hydrogens is 261 g/mol. The highest BCUT2D eigenvalue weighted by Crippen LogP contribution is 2.29. The molecular formula is C10H9BrFN3. The molecule has 78 valence electrons. The van der Waals surface area contributed by atoms with Gasteiger partial charge in [-0.25, -0.2) is 4.39 Å². The second-order valence-corrected chi connectivity index (χ2v) is 4.11. The summed E-state index contributed by atoms with van der Waals surface area (Å²) in [6.07, 6.45) is 1.51. The van der Waals surface area contributed by atoms with E-state index in [1.165, 1.54) is 12.3 Å². The number of aryl methyl sites for hydroxylation is 1. The lowest BCUT2D eigenvalue weighted by molar-refractivity contribution is 0.628. The van der Waals surface area contributed by atoms with Crippen LogP contribution in [0.1, 0.15) is 0 Å². The van der Waals surface area contributed by atoms with Crippen LogP contribution >= 0.6 is 15.9 Å². The lowest BCUT2D eigenvalue weighted by atomic mass is 10.1. The molecule has 0 aliphatic carbocycles. The van der Waals surface area contributed by atoms with Crippen LogP contribution < -0.4 is 5.73 Å². The van der Waals surface area contributed by atoms with Gasteiger partial charge in [0.1, 0.15) is 5.82 Å². The minimum absolute atomic E-state index is 0.312. The number of aromatic nitrogens is 2. The smallest absolute Gasteiger partial charge is 0.132 e. The maximum atomic E-state index is 13.6. The van der Waals surface area contributed by atoms with Crippen LogP contribution in [-0.2, 0) is 7.05 Å². The van der Waals surface area contributed by atoms with Gasteiger partial charge in [-0.2, -0.15) is 5.10 Å². The summed E-state index contributed by atoms with van der Waals surface area (Å²) < 4.78 is 15.9. The number of hydrogen-bond acceptors (Lipinski definition) is 2. The molecule has 0 amide bonds. The van der Waals surface area contributed by atoms with Crippen LogP contribution in [0.25, 0.3) is 11.3 Å². The lowest BCUT2D eigenvalue weighted by Crippen LogP contribution is -1.97. The van der Waals surface area contributed by atoms with E-state index >= 15 is 0 Å². The average Bonchev–Trinajstić information content (AvgIpc) is 2.51. The number of rotatable bonds is 1. The van der Waals surface area contributed by atoms with Gasteiger partial charge in [-0.05, 0) is 18.2 Å². The third kappa shape index (κ3) is 1.74. The van der Waals surface area contributed by atoms with Gasteiger partial charge >= 0.3 is 0 Å². The molecule has 0 radical (unpaired) electrons. The maximum Gasteiger partial charge on any atom is 0.132 e. The molecule has 0 fully saturated rings. The van der Waals surface area contributed by atoms with E-state index in [0.717, 1.165) is 4.47 Å². The minimum atomic E-state index is -0.312. The summed E-state index contributed by atoms with van der Waals surface area (Å²) in [7, 11) is 1.73. The van der Waals surface area contributed by atoms with Crippen molar-refractivity contribution in [1.29, 1.82) is 0 Å². The second-order valence-electron chi connectivity index (χ2n) is 3.20. The third-order valence-corrected chi connectivity index (χ3v) is 2.64. The summed E-state index contributed by atoms with van der Waals surface area (Å²) in [5.41, 5.74) is 7.23. The molecule has 15 heavy (non-hydrogen) atoms. The molecule has 0 saturated heterocycles. The topological polar surface area (TPSA) is 43.8 Å². The van der Waals surface area contributed by atoms with E-state index in [2.05, 4.69) is 21.0 Å². The van der Waals surface area contributed by atoms with E-state index in [9.17, 15) is 4.39 Å². The van der Waals surface area contributed by atoms with Crippen LogP contribution in [0.3, 0.4) is 0 Å². The molecule has 2 aromatic rings. The van der Waals surface area contributed by atoms with Crippen molar-refractivity contribution in [1.82, 2.24) is 9.78 Å². The van der Waals surface area contributed by atoms with E-state index in [0.29, 0.717) is 16.9 Å². The molecule has 1 aromatic heterocycles. The Bertz CT molecular complexity index is 488. The van der Waals surface area contributed by atoms with Crippen LogP contribution in [0.2, 0.25) is 0 Å². The quantitative estimate of drug-likeness (QED) is 0.865. The van der Waals surface area contributed by atoms with Crippen molar-refractivity contribution in [3.8, 4) is 11.3 Å². The van der Waals surface area contributed by atoms with Crippen molar-refractivity contribution in [2.75, 3.05) is 5.73 Å². The normalized spacial score (nSPS) is 10.6. The predicted octanol–water partition coefficient (Wildman–Crippen LogP) is 2.57. The first-order chi connectivity index (χ1) is 7.09. The van der Waals surface area contributed by atoms with E-state index in [1.54, 1.807) is 23.9 Å². The Morgan fingerprint density at radius 3 is 2.80 bits per heavy atom. The fourth-order valence-corrected chi connectivity index (χ4v) is 1.82.